The average Bonchev–Trinajstić information content (AvgIpc) is 2.75. The number of ether oxygens (including phenoxy) is 1. The third kappa shape index (κ3) is 5.12. The second-order valence-electron chi connectivity index (χ2n) is 6.66. The molecule has 3 rings (SSSR count). The zero-order valence-electron chi connectivity index (χ0n) is 15.9. The van der Waals surface area contributed by atoms with Gasteiger partial charge in [0.2, 0.25) is 5.91 Å². The monoisotopic (exact) mass is 417 g/mol. The molecule has 0 spiro atoms. The van der Waals surface area contributed by atoms with Crippen molar-refractivity contribution in [2.24, 2.45) is 11.0 Å². The molecule has 0 unspecified atom stereocenters. The lowest BCUT2D eigenvalue weighted by Crippen LogP contribution is -2.42. The first kappa shape index (κ1) is 20.8. The fourth-order valence-electron chi connectivity index (χ4n) is 3.15. The number of halogens is 2. The molecule has 1 heterocycles. The van der Waals surface area contributed by atoms with Gasteiger partial charge in [-0.25, -0.2) is 9.82 Å². The molecule has 0 aromatic heterocycles. The van der Waals surface area contributed by atoms with Crippen molar-refractivity contribution in [1.82, 2.24) is 10.3 Å². The number of hydrogen-bond donors (Lipinski definition) is 1. The molecule has 1 aliphatic rings. The number of carbonyl (C=O) groups is 2. The number of nitrogens with one attached hydrogen (secondary N) is 1. The normalized spacial score (nSPS) is 14.8. The quantitative estimate of drug-likeness (QED) is 0.598. The minimum Gasteiger partial charge on any atom is -0.497 e. The summed E-state index contributed by atoms with van der Waals surface area (Å²) in [6.07, 6.45) is 2.26. The van der Waals surface area contributed by atoms with Crippen LogP contribution in [-0.2, 0) is 4.79 Å². The van der Waals surface area contributed by atoms with Crippen LogP contribution in [0.4, 0.5) is 4.39 Å². The Bertz CT molecular complexity index is 890. The molecule has 6 nitrogen and oxygen atoms in total. The highest BCUT2D eigenvalue weighted by molar-refractivity contribution is 6.33. The van der Waals surface area contributed by atoms with Gasteiger partial charge in [0, 0.05) is 30.1 Å². The van der Waals surface area contributed by atoms with E-state index in [1.165, 1.54) is 18.3 Å². The van der Waals surface area contributed by atoms with E-state index in [0.29, 0.717) is 37.2 Å². The lowest BCUT2D eigenvalue weighted by Gasteiger charge is -2.31. The SMILES string of the molecule is COc1ccc(C(=O)N2CCC(C(=O)NN=Cc3c(F)cccc3Cl)CC2)cc1. The van der Waals surface area contributed by atoms with Crippen LogP contribution in [0.1, 0.15) is 28.8 Å². The predicted molar refractivity (Wildman–Crippen MR) is 109 cm³/mol. The van der Waals surface area contributed by atoms with Crippen LogP contribution in [0.3, 0.4) is 0 Å². The zero-order valence-corrected chi connectivity index (χ0v) is 16.7. The average molecular weight is 418 g/mol. The predicted octanol–water partition coefficient (Wildman–Crippen LogP) is 3.49. The van der Waals surface area contributed by atoms with E-state index in [1.807, 2.05) is 0 Å². The number of methoxy groups -OCH3 is 1. The van der Waals surface area contributed by atoms with Gasteiger partial charge in [0.25, 0.3) is 5.91 Å². The molecule has 0 atom stereocenters. The molecular weight excluding hydrogens is 397 g/mol. The van der Waals surface area contributed by atoms with Gasteiger partial charge in [0.1, 0.15) is 11.6 Å². The topological polar surface area (TPSA) is 71.0 Å². The van der Waals surface area contributed by atoms with E-state index in [4.69, 9.17) is 16.3 Å². The fraction of sp³-hybridized carbons (Fsp3) is 0.286. The van der Waals surface area contributed by atoms with Crippen LogP contribution in [0.25, 0.3) is 0 Å². The number of piperidine rings is 1. The molecule has 1 saturated heterocycles. The van der Waals surface area contributed by atoms with E-state index in [9.17, 15) is 14.0 Å². The molecule has 0 saturated carbocycles. The van der Waals surface area contributed by atoms with Crippen LogP contribution in [0.5, 0.6) is 5.75 Å². The van der Waals surface area contributed by atoms with Gasteiger partial charge in [-0.2, -0.15) is 5.10 Å². The molecule has 2 amide bonds. The van der Waals surface area contributed by atoms with Crippen molar-refractivity contribution in [1.29, 1.82) is 0 Å². The maximum absolute atomic E-state index is 13.7. The van der Waals surface area contributed by atoms with Crippen molar-refractivity contribution < 1.29 is 18.7 Å². The number of amides is 2. The van der Waals surface area contributed by atoms with Gasteiger partial charge in [-0.1, -0.05) is 17.7 Å². The summed E-state index contributed by atoms with van der Waals surface area (Å²) in [6, 6.07) is 11.2. The summed E-state index contributed by atoms with van der Waals surface area (Å²) in [6.45, 7) is 0.956. The Kier molecular flexibility index (Phi) is 6.82. The maximum Gasteiger partial charge on any atom is 0.253 e. The van der Waals surface area contributed by atoms with Gasteiger partial charge >= 0.3 is 0 Å². The Hall–Kier alpha value is -2.93. The standard InChI is InChI=1S/C21H21ClFN3O3/c1-29-16-7-5-15(6-8-16)21(28)26-11-9-14(10-12-26)20(27)25-24-13-17-18(22)3-2-4-19(17)23/h2-8,13-14H,9-12H2,1H3,(H,25,27). The van der Waals surface area contributed by atoms with E-state index in [2.05, 4.69) is 10.5 Å². The highest BCUT2D eigenvalue weighted by Gasteiger charge is 2.27. The minimum absolute atomic E-state index is 0.0706. The van der Waals surface area contributed by atoms with Crippen molar-refractivity contribution in [3.8, 4) is 5.75 Å². The van der Waals surface area contributed by atoms with Gasteiger partial charge < -0.3 is 9.64 Å². The van der Waals surface area contributed by atoms with E-state index in [-0.39, 0.29) is 28.3 Å². The van der Waals surface area contributed by atoms with E-state index >= 15 is 0 Å². The number of hydrazone groups is 1. The van der Waals surface area contributed by atoms with Crippen molar-refractivity contribution in [3.63, 3.8) is 0 Å². The molecule has 2 aromatic carbocycles. The van der Waals surface area contributed by atoms with Gasteiger partial charge in [-0.3, -0.25) is 9.59 Å². The number of benzene rings is 2. The molecule has 1 aliphatic heterocycles. The minimum atomic E-state index is -0.513. The molecule has 2 aromatic rings. The maximum atomic E-state index is 13.7. The lowest BCUT2D eigenvalue weighted by molar-refractivity contribution is -0.126. The van der Waals surface area contributed by atoms with E-state index in [1.54, 1.807) is 42.3 Å². The fourth-order valence-corrected chi connectivity index (χ4v) is 3.36. The highest BCUT2D eigenvalue weighted by Crippen LogP contribution is 2.21. The zero-order chi connectivity index (χ0) is 20.8. The molecule has 29 heavy (non-hydrogen) atoms. The Morgan fingerprint density at radius 3 is 2.52 bits per heavy atom. The molecule has 0 radical (unpaired) electrons. The molecule has 0 bridgehead atoms. The van der Waals surface area contributed by atoms with Gasteiger partial charge in [0.05, 0.1) is 18.3 Å². The van der Waals surface area contributed by atoms with Gasteiger partial charge in [-0.05, 0) is 49.2 Å². The van der Waals surface area contributed by atoms with Crippen LogP contribution < -0.4 is 10.2 Å². The molecule has 1 fully saturated rings. The number of likely N-dealkylation sites (tertiary alicyclic amines) is 1. The third-order valence-corrected chi connectivity index (χ3v) is 5.19. The highest BCUT2D eigenvalue weighted by atomic mass is 35.5. The largest absolute Gasteiger partial charge is 0.497 e. The summed E-state index contributed by atoms with van der Waals surface area (Å²) < 4.78 is 18.8. The smallest absolute Gasteiger partial charge is 0.253 e. The lowest BCUT2D eigenvalue weighted by atomic mass is 9.95. The van der Waals surface area contributed by atoms with E-state index in [0.717, 1.165) is 0 Å². The van der Waals surface area contributed by atoms with Crippen LogP contribution in [0.2, 0.25) is 5.02 Å². The number of carbonyl (C=O) groups excluding carboxylic acids is 2. The molecule has 8 heteroatoms. The summed E-state index contributed by atoms with van der Waals surface area (Å²) in [7, 11) is 1.57. The van der Waals surface area contributed by atoms with Crippen LogP contribution in [0, 0.1) is 11.7 Å². The summed E-state index contributed by atoms with van der Waals surface area (Å²) in [5.74, 6) is -0.415. The Morgan fingerprint density at radius 1 is 1.21 bits per heavy atom. The number of hydrogen-bond acceptors (Lipinski definition) is 4. The Labute approximate surface area is 173 Å². The van der Waals surface area contributed by atoms with Crippen LogP contribution in [-0.4, -0.2) is 43.1 Å². The number of rotatable bonds is 5. The van der Waals surface area contributed by atoms with Gasteiger partial charge in [0.15, 0.2) is 0 Å². The third-order valence-electron chi connectivity index (χ3n) is 4.86. The van der Waals surface area contributed by atoms with E-state index < -0.39 is 5.82 Å². The Balaban J connectivity index is 1.51. The van der Waals surface area contributed by atoms with Crippen LogP contribution >= 0.6 is 11.6 Å². The Morgan fingerprint density at radius 2 is 1.90 bits per heavy atom. The summed E-state index contributed by atoms with van der Waals surface area (Å²) in [5.41, 5.74) is 3.13. The number of nitrogens with zero attached hydrogens (tertiary/aromatic N) is 2. The van der Waals surface area contributed by atoms with Crippen molar-refractivity contribution >= 4 is 29.6 Å². The second-order valence-corrected chi connectivity index (χ2v) is 7.07. The van der Waals surface area contributed by atoms with Crippen LogP contribution in [0.15, 0.2) is 47.6 Å². The molecule has 152 valence electrons. The molecular formula is C21H21ClFN3O3. The van der Waals surface area contributed by atoms with Crippen molar-refractivity contribution in [2.45, 2.75) is 12.8 Å². The summed E-state index contributed by atoms with van der Waals surface area (Å²) in [5, 5.41) is 4.03. The summed E-state index contributed by atoms with van der Waals surface area (Å²) in [4.78, 5) is 26.6. The first-order valence-corrected chi connectivity index (χ1v) is 9.57. The van der Waals surface area contributed by atoms with Crippen molar-refractivity contribution in [2.75, 3.05) is 20.2 Å². The summed E-state index contributed by atoms with van der Waals surface area (Å²) >= 11 is 5.92. The molecule has 1 N–H and O–H groups in total. The molecule has 0 aliphatic carbocycles. The first-order valence-electron chi connectivity index (χ1n) is 9.20. The first-order chi connectivity index (χ1) is 14.0. The second kappa shape index (κ2) is 9.52. The van der Waals surface area contributed by atoms with Crippen molar-refractivity contribution in [3.05, 3.63) is 64.4 Å². The van der Waals surface area contributed by atoms with Gasteiger partial charge in [-0.15, -0.1) is 0 Å².